The molecule has 5 heteroatoms. The molecule has 0 spiro atoms. The summed E-state index contributed by atoms with van der Waals surface area (Å²) < 4.78 is 38.2. The summed E-state index contributed by atoms with van der Waals surface area (Å²) in [5.41, 5.74) is 0.166. The van der Waals surface area contributed by atoms with E-state index in [1.807, 2.05) is 14.1 Å². The number of alkyl halides is 3. The SMILES string of the molecule is CCCNC(CCN(C)C)Cc1cccc(C(F)(F)F)c1. The third-order valence-corrected chi connectivity index (χ3v) is 3.34. The van der Waals surface area contributed by atoms with Crippen molar-refractivity contribution in [3.63, 3.8) is 0 Å². The number of hydrogen-bond acceptors (Lipinski definition) is 2. The second kappa shape index (κ2) is 8.39. The van der Waals surface area contributed by atoms with Crippen LogP contribution >= 0.6 is 0 Å². The van der Waals surface area contributed by atoms with Crippen LogP contribution in [-0.2, 0) is 12.6 Å². The molecule has 0 saturated heterocycles. The van der Waals surface area contributed by atoms with Crippen LogP contribution in [0.25, 0.3) is 0 Å². The number of rotatable bonds is 8. The third-order valence-electron chi connectivity index (χ3n) is 3.34. The first kappa shape index (κ1) is 18.0. The Hall–Kier alpha value is -1.07. The molecule has 0 aliphatic carbocycles. The van der Waals surface area contributed by atoms with Gasteiger partial charge in [-0.05, 0) is 58.1 Å². The minimum Gasteiger partial charge on any atom is -0.314 e. The lowest BCUT2D eigenvalue weighted by Gasteiger charge is -2.21. The first-order valence-electron chi connectivity index (χ1n) is 7.37. The summed E-state index contributed by atoms with van der Waals surface area (Å²) in [6, 6.07) is 5.84. The Morgan fingerprint density at radius 2 is 1.95 bits per heavy atom. The van der Waals surface area contributed by atoms with E-state index >= 15 is 0 Å². The van der Waals surface area contributed by atoms with Crippen LogP contribution in [0, 0.1) is 0 Å². The lowest BCUT2D eigenvalue weighted by atomic mass is 10.0. The number of halogens is 3. The van der Waals surface area contributed by atoms with E-state index in [1.165, 1.54) is 12.1 Å². The Kier molecular flexibility index (Phi) is 7.18. The summed E-state index contributed by atoms with van der Waals surface area (Å²) in [7, 11) is 4.00. The predicted molar refractivity (Wildman–Crippen MR) is 80.4 cm³/mol. The molecule has 0 amide bonds. The fraction of sp³-hybridized carbons (Fsp3) is 0.625. The third kappa shape index (κ3) is 6.96. The fourth-order valence-corrected chi connectivity index (χ4v) is 2.20. The maximum Gasteiger partial charge on any atom is 0.416 e. The van der Waals surface area contributed by atoms with Gasteiger partial charge >= 0.3 is 6.18 Å². The molecule has 1 N–H and O–H groups in total. The second-order valence-electron chi connectivity index (χ2n) is 5.65. The maximum atomic E-state index is 12.7. The molecule has 1 atom stereocenters. The summed E-state index contributed by atoms with van der Waals surface area (Å²) in [4.78, 5) is 2.09. The predicted octanol–water partition coefficient (Wildman–Crippen LogP) is 3.57. The minimum absolute atomic E-state index is 0.204. The molecule has 0 aliphatic heterocycles. The van der Waals surface area contributed by atoms with Gasteiger partial charge in [-0.3, -0.25) is 0 Å². The summed E-state index contributed by atoms with van der Waals surface area (Å²) in [6.07, 6.45) is -1.71. The van der Waals surface area contributed by atoms with Crippen LogP contribution < -0.4 is 5.32 Å². The molecule has 1 aromatic carbocycles. The average Bonchev–Trinajstić information content (AvgIpc) is 2.41. The zero-order valence-corrected chi connectivity index (χ0v) is 13.0. The van der Waals surface area contributed by atoms with Crippen LogP contribution in [0.1, 0.15) is 30.9 Å². The first-order chi connectivity index (χ1) is 9.82. The molecule has 0 bridgehead atoms. The van der Waals surface area contributed by atoms with E-state index in [9.17, 15) is 13.2 Å². The van der Waals surface area contributed by atoms with Crippen LogP contribution in [0.4, 0.5) is 13.2 Å². The van der Waals surface area contributed by atoms with E-state index in [1.54, 1.807) is 6.07 Å². The van der Waals surface area contributed by atoms with E-state index in [-0.39, 0.29) is 6.04 Å². The summed E-state index contributed by atoms with van der Waals surface area (Å²) in [5.74, 6) is 0. The maximum absolute atomic E-state index is 12.7. The standard InChI is InChI=1S/C16H25F3N2/c1-4-9-20-15(8-10-21(2)3)12-13-6-5-7-14(11-13)16(17,18)19/h5-7,11,15,20H,4,8-10,12H2,1-3H3. The molecule has 1 rings (SSSR count). The topological polar surface area (TPSA) is 15.3 Å². The fourth-order valence-electron chi connectivity index (χ4n) is 2.20. The Bertz CT molecular complexity index is 416. The van der Waals surface area contributed by atoms with Crippen molar-refractivity contribution in [1.82, 2.24) is 10.2 Å². The van der Waals surface area contributed by atoms with Crippen molar-refractivity contribution in [3.05, 3.63) is 35.4 Å². The largest absolute Gasteiger partial charge is 0.416 e. The first-order valence-corrected chi connectivity index (χ1v) is 7.37. The van der Waals surface area contributed by atoms with Gasteiger partial charge in [0, 0.05) is 6.04 Å². The van der Waals surface area contributed by atoms with Gasteiger partial charge in [0.25, 0.3) is 0 Å². The van der Waals surface area contributed by atoms with Crippen molar-refractivity contribution >= 4 is 0 Å². The van der Waals surface area contributed by atoms with Gasteiger partial charge in [-0.2, -0.15) is 13.2 Å². The summed E-state index contributed by atoms with van der Waals surface area (Å²) in [5, 5.41) is 3.42. The molecule has 0 heterocycles. The Morgan fingerprint density at radius 1 is 1.24 bits per heavy atom. The average molecular weight is 302 g/mol. The highest BCUT2D eigenvalue weighted by Gasteiger charge is 2.30. The molecule has 120 valence electrons. The van der Waals surface area contributed by atoms with Gasteiger partial charge in [0.1, 0.15) is 0 Å². The Balaban J connectivity index is 2.72. The highest BCUT2D eigenvalue weighted by molar-refractivity contribution is 5.26. The molecule has 0 aliphatic rings. The van der Waals surface area contributed by atoms with Crippen LogP contribution in [0.5, 0.6) is 0 Å². The molecular weight excluding hydrogens is 277 g/mol. The van der Waals surface area contributed by atoms with Gasteiger partial charge in [0.2, 0.25) is 0 Å². The molecule has 1 unspecified atom stereocenters. The van der Waals surface area contributed by atoms with Crippen molar-refractivity contribution in [2.75, 3.05) is 27.2 Å². The van der Waals surface area contributed by atoms with Crippen LogP contribution in [0.15, 0.2) is 24.3 Å². The molecule has 0 saturated carbocycles. The van der Waals surface area contributed by atoms with Gasteiger partial charge in [-0.25, -0.2) is 0 Å². The molecule has 0 radical (unpaired) electrons. The molecule has 0 fully saturated rings. The Labute approximate surface area is 125 Å². The van der Waals surface area contributed by atoms with E-state index in [0.717, 1.165) is 37.6 Å². The van der Waals surface area contributed by atoms with Gasteiger partial charge in [-0.1, -0.05) is 25.1 Å². The van der Waals surface area contributed by atoms with Gasteiger partial charge in [0.05, 0.1) is 5.56 Å². The number of benzene rings is 1. The quantitative estimate of drug-likeness (QED) is 0.790. The molecule has 1 aromatic rings. The summed E-state index contributed by atoms with van der Waals surface area (Å²) >= 11 is 0. The van der Waals surface area contributed by atoms with Crippen molar-refractivity contribution in [2.45, 2.75) is 38.4 Å². The monoisotopic (exact) mass is 302 g/mol. The van der Waals surface area contributed by atoms with Gasteiger partial charge in [-0.15, -0.1) is 0 Å². The van der Waals surface area contributed by atoms with Crippen molar-refractivity contribution in [3.8, 4) is 0 Å². The van der Waals surface area contributed by atoms with E-state index in [4.69, 9.17) is 0 Å². The zero-order chi connectivity index (χ0) is 15.9. The highest BCUT2D eigenvalue weighted by Crippen LogP contribution is 2.29. The summed E-state index contributed by atoms with van der Waals surface area (Å²) in [6.45, 7) is 3.89. The lowest BCUT2D eigenvalue weighted by Crippen LogP contribution is -2.34. The van der Waals surface area contributed by atoms with Crippen molar-refractivity contribution in [1.29, 1.82) is 0 Å². The minimum atomic E-state index is -4.27. The van der Waals surface area contributed by atoms with Crippen molar-refractivity contribution < 1.29 is 13.2 Å². The normalized spacial score (nSPS) is 13.7. The molecule has 0 aromatic heterocycles. The smallest absolute Gasteiger partial charge is 0.314 e. The second-order valence-corrected chi connectivity index (χ2v) is 5.65. The van der Waals surface area contributed by atoms with Crippen LogP contribution in [-0.4, -0.2) is 38.1 Å². The van der Waals surface area contributed by atoms with Gasteiger partial charge < -0.3 is 10.2 Å². The Morgan fingerprint density at radius 3 is 2.52 bits per heavy atom. The van der Waals surface area contributed by atoms with Crippen LogP contribution in [0.3, 0.4) is 0 Å². The lowest BCUT2D eigenvalue weighted by molar-refractivity contribution is -0.137. The van der Waals surface area contributed by atoms with E-state index < -0.39 is 11.7 Å². The van der Waals surface area contributed by atoms with Gasteiger partial charge in [0.15, 0.2) is 0 Å². The number of hydrogen-bond donors (Lipinski definition) is 1. The van der Waals surface area contributed by atoms with E-state index in [0.29, 0.717) is 6.42 Å². The van der Waals surface area contributed by atoms with Crippen LogP contribution in [0.2, 0.25) is 0 Å². The highest BCUT2D eigenvalue weighted by atomic mass is 19.4. The molecular formula is C16H25F3N2. The molecule has 21 heavy (non-hydrogen) atoms. The van der Waals surface area contributed by atoms with Crippen molar-refractivity contribution in [2.24, 2.45) is 0 Å². The van der Waals surface area contributed by atoms with E-state index in [2.05, 4.69) is 17.1 Å². The molecule has 2 nitrogen and oxygen atoms in total. The number of nitrogens with one attached hydrogen (secondary N) is 1. The zero-order valence-electron chi connectivity index (χ0n) is 13.0. The number of nitrogens with zero attached hydrogens (tertiary/aromatic N) is 1.